The molecule has 1 heterocycles. The molecule has 2 rings (SSSR count). The monoisotopic (exact) mass is 342 g/mol. The highest BCUT2D eigenvalue weighted by Gasteiger charge is 2.16. The van der Waals surface area contributed by atoms with Crippen LogP contribution in [-0.2, 0) is 19.4 Å². The lowest BCUT2D eigenvalue weighted by Gasteiger charge is -2.23. The molecule has 7 nitrogen and oxygen atoms in total. The van der Waals surface area contributed by atoms with E-state index in [1.54, 1.807) is 24.3 Å². The minimum Gasteiger partial charge on any atom is -0.492 e. The van der Waals surface area contributed by atoms with Gasteiger partial charge < -0.3 is 20.1 Å². The average Bonchev–Trinajstić information content (AvgIpc) is 2.47. The first-order valence-electron chi connectivity index (χ1n) is 7.44. The molecule has 1 aliphatic rings. The molecule has 2 N–H and O–H groups in total. The Morgan fingerprint density at radius 2 is 2.30 bits per heavy atom. The van der Waals surface area contributed by atoms with Crippen LogP contribution in [-0.4, -0.2) is 58.7 Å². The summed E-state index contributed by atoms with van der Waals surface area (Å²) in [6.07, 6.45) is 1.50. The van der Waals surface area contributed by atoms with E-state index in [0.717, 1.165) is 12.8 Å². The summed E-state index contributed by atoms with van der Waals surface area (Å²) in [4.78, 5) is 12.0. The van der Waals surface area contributed by atoms with E-state index in [1.807, 2.05) is 0 Å². The summed E-state index contributed by atoms with van der Waals surface area (Å²) in [5, 5.41) is 6.03. The molecule has 23 heavy (non-hydrogen) atoms. The van der Waals surface area contributed by atoms with Crippen LogP contribution in [0.1, 0.15) is 6.42 Å². The van der Waals surface area contributed by atoms with E-state index >= 15 is 0 Å². The van der Waals surface area contributed by atoms with E-state index in [2.05, 4.69) is 10.6 Å². The second kappa shape index (κ2) is 8.28. The Balaban J connectivity index is 1.82. The second-order valence-corrected chi connectivity index (χ2v) is 7.74. The number of carbonyl (C=O) groups is 1. The van der Waals surface area contributed by atoms with Crippen LogP contribution in [0.5, 0.6) is 5.75 Å². The van der Waals surface area contributed by atoms with E-state index in [0.29, 0.717) is 31.1 Å². The van der Waals surface area contributed by atoms with Gasteiger partial charge >= 0.3 is 0 Å². The number of hydrogen-bond acceptors (Lipinski definition) is 6. The maximum atomic E-state index is 12.0. The number of ether oxygens (including phenoxy) is 2. The van der Waals surface area contributed by atoms with Crippen LogP contribution in [0.2, 0.25) is 0 Å². The second-order valence-electron chi connectivity index (χ2n) is 5.48. The van der Waals surface area contributed by atoms with Crippen molar-refractivity contribution in [3.63, 3.8) is 0 Å². The van der Waals surface area contributed by atoms with Crippen molar-refractivity contribution < 1.29 is 22.7 Å². The molecule has 8 heteroatoms. The first kappa shape index (κ1) is 17.7. The Hall–Kier alpha value is -1.64. The molecule has 1 aliphatic heterocycles. The van der Waals surface area contributed by atoms with Gasteiger partial charge in [-0.2, -0.15) is 0 Å². The molecular formula is C15H22N2O5S. The zero-order valence-electron chi connectivity index (χ0n) is 13.1. The molecule has 0 aromatic heterocycles. The Morgan fingerprint density at radius 1 is 1.48 bits per heavy atom. The Labute approximate surface area is 136 Å². The summed E-state index contributed by atoms with van der Waals surface area (Å²) >= 11 is 0. The number of morpholine rings is 1. The fourth-order valence-corrected chi connectivity index (χ4v) is 2.55. The van der Waals surface area contributed by atoms with Crippen molar-refractivity contribution in [2.24, 2.45) is 0 Å². The van der Waals surface area contributed by atoms with Crippen molar-refractivity contribution in [3.8, 4) is 5.75 Å². The number of nitrogens with one attached hydrogen (secondary N) is 2. The summed E-state index contributed by atoms with van der Waals surface area (Å²) in [6.45, 7) is 2.04. The van der Waals surface area contributed by atoms with Gasteiger partial charge in [0.2, 0.25) is 5.91 Å². The third-order valence-corrected chi connectivity index (χ3v) is 4.18. The van der Waals surface area contributed by atoms with Crippen LogP contribution in [0.4, 0.5) is 5.69 Å². The molecule has 1 amide bonds. The SMILES string of the molecule is CS(=O)(=O)CCOc1cccc(NC(=O)CC2COCCN2)c1. The number of rotatable bonds is 7. The smallest absolute Gasteiger partial charge is 0.226 e. The van der Waals surface area contributed by atoms with Gasteiger partial charge in [-0.15, -0.1) is 0 Å². The highest BCUT2D eigenvalue weighted by atomic mass is 32.2. The average molecular weight is 342 g/mol. The molecule has 1 aromatic carbocycles. The molecule has 0 aliphatic carbocycles. The minimum atomic E-state index is -3.05. The Kier molecular flexibility index (Phi) is 6.37. The Bertz CT molecular complexity index is 627. The molecule has 1 aromatic rings. The lowest BCUT2D eigenvalue weighted by atomic mass is 10.2. The van der Waals surface area contributed by atoms with Gasteiger partial charge in [-0.3, -0.25) is 4.79 Å². The predicted molar refractivity (Wildman–Crippen MR) is 87.5 cm³/mol. The van der Waals surface area contributed by atoms with Gasteiger partial charge in [-0.1, -0.05) is 6.07 Å². The first-order chi connectivity index (χ1) is 10.9. The van der Waals surface area contributed by atoms with Crippen molar-refractivity contribution >= 4 is 21.4 Å². The number of carbonyl (C=O) groups excluding carboxylic acids is 1. The van der Waals surface area contributed by atoms with Crippen LogP contribution < -0.4 is 15.4 Å². The number of anilines is 1. The number of hydrogen-bond donors (Lipinski definition) is 2. The third kappa shape index (κ3) is 6.98. The van der Waals surface area contributed by atoms with Crippen LogP contribution in [0.25, 0.3) is 0 Å². The largest absolute Gasteiger partial charge is 0.492 e. The molecule has 0 bridgehead atoms. The van der Waals surface area contributed by atoms with Crippen LogP contribution in [0.3, 0.4) is 0 Å². The Morgan fingerprint density at radius 3 is 3.00 bits per heavy atom. The van der Waals surface area contributed by atoms with Crippen molar-refractivity contribution in [2.75, 3.05) is 43.7 Å². The molecule has 1 atom stereocenters. The molecule has 0 spiro atoms. The van der Waals surface area contributed by atoms with Crippen molar-refractivity contribution in [3.05, 3.63) is 24.3 Å². The highest BCUT2D eigenvalue weighted by Crippen LogP contribution is 2.17. The third-order valence-electron chi connectivity index (χ3n) is 3.27. The molecule has 0 saturated carbocycles. The zero-order valence-corrected chi connectivity index (χ0v) is 13.9. The van der Waals surface area contributed by atoms with E-state index < -0.39 is 9.84 Å². The summed E-state index contributed by atoms with van der Waals surface area (Å²) in [5.41, 5.74) is 0.614. The molecule has 1 unspecified atom stereocenters. The van der Waals surface area contributed by atoms with Crippen LogP contribution in [0, 0.1) is 0 Å². The number of benzene rings is 1. The van der Waals surface area contributed by atoms with E-state index in [-0.39, 0.29) is 24.3 Å². The van der Waals surface area contributed by atoms with Gasteiger partial charge in [-0.25, -0.2) is 8.42 Å². The molecule has 1 saturated heterocycles. The number of amides is 1. The normalized spacial score (nSPS) is 18.4. The first-order valence-corrected chi connectivity index (χ1v) is 9.50. The molecule has 1 fully saturated rings. The maximum Gasteiger partial charge on any atom is 0.226 e. The summed E-state index contributed by atoms with van der Waals surface area (Å²) in [5.74, 6) is 0.364. The molecule has 0 radical (unpaired) electrons. The van der Waals surface area contributed by atoms with Gasteiger partial charge in [0.15, 0.2) is 9.84 Å². The van der Waals surface area contributed by atoms with Crippen molar-refractivity contribution in [1.82, 2.24) is 5.32 Å². The number of sulfone groups is 1. The lowest BCUT2D eigenvalue weighted by molar-refractivity contribution is -0.117. The molecular weight excluding hydrogens is 320 g/mol. The fourth-order valence-electron chi connectivity index (χ4n) is 2.16. The quantitative estimate of drug-likeness (QED) is 0.746. The standard InChI is InChI=1S/C15H22N2O5S/c1-23(19,20)8-7-22-14-4-2-3-12(9-14)17-15(18)10-13-11-21-6-5-16-13/h2-4,9,13,16H,5-8,10-11H2,1H3,(H,17,18). The van der Waals surface area contributed by atoms with Gasteiger partial charge in [-0.05, 0) is 12.1 Å². The highest BCUT2D eigenvalue weighted by molar-refractivity contribution is 7.90. The predicted octanol–water partition coefficient (Wildman–Crippen LogP) is 0.427. The van der Waals surface area contributed by atoms with Gasteiger partial charge in [0.05, 0.1) is 19.0 Å². The summed E-state index contributed by atoms with van der Waals surface area (Å²) in [7, 11) is -3.05. The van der Waals surface area contributed by atoms with Crippen molar-refractivity contribution in [1.29, 1.82) is 0 Å². The van der Waals surface area contributed by atoms with Gasteiger partial charge in [0.25, 0.3) is 0 Å². The van der Waals surface area contributed by atoms with Gasteiger partial charge in [0, 0.05) is 37.0 Å². The van der Waals surface area contributed by atoms with Gasteiger partial charge in [0.1, 0.15) is 12.4 Å². The lowest BCUT2D eigenvalue weighted by Crippen LogP contribution is -2.43. The van der Waals surface area contributed by atoms with E-state index in [9.17, 15) is 13.2 Å². The van der Waals surface area contributed by atoms with E-state index in [4.69, 9.17) is 9.47 Å². The van der Waals surface area contributed by atoms with Crippen molar-refractivity contribution in [2.45, 2.75) is 12.5 Å². The minimum absolute atomic E-state index is 0.0259. The van der Waals surface area contributed by atoms with E-state index in [1.165, 1.54) is 0 Å². The van der Waals surface area contributed by atoms with Crippen LogP contribution >= 0.6 is 0 Å². The zero-order chi connectivity index (χ0) is 16.7. The maximum absolute atomic E-state index is 12.0. The topological polar surface area (TPSA) is 93.7 Å². The van der Waals surface area contributed by atoms with Crippen LogP contribution in [0.15, 0.2) is 24.3 Å². The summed E-state index contributed by atoms with van der Waals surface area (Å²) in [6, 6.07) is 6.91. The molecule has 128 valence electrons. The summed E-state index contributed by atoms with van der Waals surface area (Å²) < 4.78 is 32.8. The fraction of sp³-hybridized carbons (Fsp3) is 0.533.